The summed E-state index contributed by atoms with van der Waals surface area (Å²) < 4.78 is 18.1. The summed E-state index contributed by atoms with van der Waals surface area (Å²) in [5.41, 5.74) is 8.24. The first kappa shape index (κ1) is 17.5. The number of hydrazine groups is 1. The topological polar surface area (TPSA) is 62.4 Å². The monoisotopic (exact) mass is 343 g/mol. The van der Waals surface area contributed by atoms with Gasteiger partial charge >= 0.3 is 5.97 Å². The quantitative estimate of drug-likeness (QED) is 0.701. The molecule has 1 aliphatic heterocycles. The minimum absolute atomic E-state index is 0.0437. The molecule has 0 bridgehead atoms. The van der Waals surface area contributed by atoms with Crippen LogP contribution in [-0.4, -0.2) is 26.2 Å². The molecule has 5 nitrogen and oxygen atoms in total. The number of halogens is 1. The van der Waals surface area contributed by atoms with E-state index in [2.05, 4.69) is 16.2 Å². The molecule has 2 unspecified atom stereocenters. The van der Waals surface area contributed by atoms with Crippen molar-refractivity contribution in [2.24, 2.45) is 5.92 Å². The molecule has 0 saturated carbocycles. The zero-order valence-corrected chi connectivity index (χ0v) is 14.0. The van der Waals surface area contributed by atoms with Gasteiger partial charge in [-0.15, -0.1) is 0 Å². The van der Waals surface area contributed by atoms with E-state index in [9.17, 15) is 9.18 Å². The van der Waals surface area contributed by atoms with Crippen LogP contribution in [0.1, 0.15) is 23.2 Å². The maximum atomic E-state index is 13.1. The lowest BCUT2D eigenvalue weighted by Gasteiger charge is -2.23. The minimum Gasteiger partial charge on any atom is -0.468 e. The van der Waals surface area contributed by atoms with E-state index in [1.54, 1.807) is 12.1 Å². The highest BCUT2D eigenvalue weighted by atomic mass is 19.1. The van der Waals surface area contributed by atoms with Crippen LogP contribution in [0.2, 0.25) is 0 Å². The molecule has 1 heterocycles. The highest BCUT2D eigenvalue weighted by Gasteiger charge is 2.30. The van der Waals surface area contributed by atoms with Crippen LogP contribution in [0.15, 0.2) is 54.6 Å². The van der Waals surface area contributed by atoms with Crippen molar-refractivity contribution >= 4 is 5.97 Å². The second-order valence-corrected chi connectivity index (χ2v) is 6.09. The van der Waals surface area contributed by atoms with Gasteiger partial charge in [-0.2, -0.15) is 0 Å². The summed E-state index contributed by atoms with van der Waals surface area (Å²) in [6.07, 6.45) is 0. The van der Waals surface area contributed by atoms with E-state index in [-0.39, 0.29) is 23.7 Å². The van der Waals surface area contributed by atoms with Crippen molar-refractivity contribution in [1.82, 2.24) is 16.2 Å². The van der Waals surface area contributed by atoms with Gasteiger partial charge in [-0.3, -0.25) is 5.43 Å². The third-order valence-electron chi connectivity index (χ3n) is 4.48. The van der Waals surface area contributed by atoms with Crippen LogP contribution >= 0.6 is 0 Å². The van der Waals surface area contributed by atoms with E-state index in [1.807, 2.05) is 30.3 Å². The molecule has 1 saturated heterocycles. The van der Waals surface area contributed by atoms with Gasteiger partial charge in [0.05, 0.1) is 13.2 Å². The smallest absolute Gasteiger partial charge is 0.327 e. The van der Waals surface area contributed by atoms with Crippen molar-refractivity contribution in [3.8, 4) is 0 Å². The zero-order valence-electron chi connectivity index (χ0n) is 14.0. The molecule has 0 radical (unpaired) electrons. The SMILES string of the molecule is COC(=O)[C@@H](NCC1CNNC1c1ccc(F)cc1)c1ccccc1. The predicted octanol–water partition coefficient (Wildman–Crippen LogP) is 2.09. The van der Waals surface area contributed by atoms with Crippen molar-refractivity contribution in [1.29, 1.82) is 0 Å². The lowest BCUT2D eigenvalue weighted by molar-refractivity contribution is -0.143. The highest BCUT2D eigenvalue weighted by molar-refractivity contribution is 5.77. The number of ether oxygens (including phenoxy) is 1. The van der Waals surface area contributed by atoms with Crippen LogP contribution in [0.5, 0.6) is 0 Å². The second kappa shape index (κ2) is 8.20. The average Bonchev–Trinajstić information content (AvgIpc) is 3.11. The molecule has 0 aromatic heterocycles. The van der Waals surface area contributed by atoms with E-state index in [0.717, 1.165) is 17.7 Å². The summed E-state index contributed by atoms with van der Waals surface area (Å²) in [6.45, 7) is 1.36. The lowest BCUT2D eigenvalue weighted by Crippen LogP contribution is -2.35. The second-order valence-electron chi connectivity index (χ2n) is 6.09. The Morgan fingerprint density at radius 3 is 2.64 bits per heavy atom. The van der Waals surface area contributed by atoms with Crippen LogP contribution in [0.25, 0.3) is 0 Å². The predicted molar refractivity (Wildman–Crippen MR) is 93.0 cm³/mol. The maximum absolute atomic E-state index is 13.1. The number of carbonyl (C=O) groups excluding carboxylic acids is 1. The summed E-state index contributed by atoms with van der Waals surface area (Å²) in [5.74, 6) is -0.357. The standard InChI is InChI=1S/C19H22FN3O2/c1-25-19(24)18(13-5-3-2-4-6-13)21-11-15-12-22-23-17(15)14-7-9-16(20)10-8-14/h2-10,15,17-18,21-23H,11-12H2,1H3/t15?,17?,18-/m0/s1. The first-order valence-corrected chi connectivity index (χ1v) is 8.29. The molecule has 0 spiro atoms. The number of carbonyl (C=O) groups is 1. The number of rotatable bonds is 6. The van der Waals surface area contributed by atoms with Crippen LogP contribution in [-0.2, 0) is 9.53 Å². The Morgan fingerprint density at radius 1 is 1.24 bits per heavy atom. The Kier molecular flexibility index (Phi) is 5.75. The lowest BCUT2D eigenvalue weighted by atomic mass is 9.94. The number of methoxy groups -OCH3 is 1. The van der Waals surface area contributed by atoms with Gasteiger partial charge in [0, 0.05) is 19.0 Å². The van der Waals surface area contributed by atoms with Gasteiger partial charge in [0.15, 0.2) is 0 Å². The Morgan fingerprint density at radius 2 is 1.96 bits per heavy atom. The van der Waals surface area contributed by atoms with Crippen molar-refractivity contribution in [3.63, 3.8) is 0 Å². The van der Waals surface area contributed by atoms with Crippen molar-refractivity contribution < 1.29 is 13.9 Å². The fourth-order valence-corrected chi connectivity index (χ4v) is 3.12. The normalized spacial score (nSPS) is 21.0. The Balaban J connectivity index is 1.69. The number of nitrogens with one attached hydrogen (secondary N) is 3. The van der Waals surface area contributed by atoms with Gasteiger partial charge in [-0.25, -0.2) is 14.6 Å². The molecule has 6 heteroatoms. The molecule has 0 amide bonds. The van der Waals surface area contributed by atoms with Crippen LogP contribution < -0.4 is 16.2 Å². The molecule has 3 rings (SSSR count). The fraction of sp³-hybridized carbons (Fsp3) is 0.316. The fourth-order valence-electron chi connectivity index (χ4n) is 3.12. The molecule has 0 aliphatic carbocycles. The largest absolute Gasteiger partial charge is 0.468 e. The van der Waals surface area contributed by atoms with E-state index >= 15 is 0 Å². The summed E-state index contributed by atoms with van der Waals surface area (Å²) >= 11 is 0. The van der Waals surface area contributed by atoms with E-state index in [1.165, 1.54) is 19.2 Å². The Hall–Kier alpha value is -2.28. The maximum Gasteiger partial charge on any atom is 0.327 e. The average molecular weight is 343 g/mol. The summed E-state index contributed by atoms with van der Waals surface area (Å²) in [4.78, 5) is 12.1. The molecule has 2 aromatic carbocycles. The highest BCUT2D eigenvalue weighted by Crippen LogP contribution is 2.25. The Bertz CT molecular complexity index is 694. The summed E-state index contributed by atoms with van der Waals surface area (Å²) in [6, 6.07) is 15.5. The van der Waals surface area contributed by atoms with Crippen molar-refractivity contribution in [2.45, 2.75) is 12.1 Å². The number of hydrogen-bond donors (Lipinski definition) is 3. The molecule has 3 N–H and O–H groups in total. The zero-order chi connectivity index (χ0) is 17.6. The van der Waals surface area contributed by atoms with Gasteiger partial charge in [0.25, 0.3) is 0 Å². The van der Waals surface area contributed by atoms with Gasteiger partial charge < -0.3 is 10.1 Å². The first-order valence-electron chi connectivity index (χ1n) is 8.29. The first-order chi connectivity index (χ1) is 12.2. The van der Waals surface area contributed by atoms with Crippen LogP contribution in [0.3, 0.4) is 0 Å². The minimum atomic E-state index is -0.513. The van der Waals surface area contributed by atoms with Crippen LogP contribution in [0.4, 0.5) is 4.39 Å². The van der Waals surface area contributed by atoms with Gasteiger partial charge in [-0.1, -0.05) is 42.5 Å². The number of benzene rings is 2. The Labute approximate surface area is 146 Å². The van der Waals surface area contributed by atoms with Gasteiger partial charge in [0.2, 0.25) is 0 Å². The molecule has 1 fully saturated rings. The van der Waals surface area contributed by atoms with E-state index in [4.69, 9.17) is 4.74 Å². The summed E-state index contributed by atoms with van der Waals surface area (Å²) in [5, 5.41) is 3.31. The molecule has 1 aliphatic rings. The molecule has 132 valence electrons. The molecule has 2 aromatic rings. The third-order valence-corrected chi connectivity index (χ3v) is 4.48. The molecule has 3 atom stereocenters. The van der Waals surface area contributed by atoms with Crippen molar-refractivity contribution in [2.75, 3.05) is 20.2 Å². The van der Waals surface area contributed by atoms with Gasteiger partial charge in [-0.05, 0) is 23.3 Å². The van der Waals surface area contributed by atoms with E-state index < -0.39 is 6.04 Å². The van der Waals surface area contributed by atoms with Gasteiger partial charge in [0.1, 0.15) is 11.9 Å². The van der Waals surface area contributed by atoms with E-state index in [0.29, 0.717) is 6.54 Å². The molecular formula is C19H22FN3O2. The van der Waals surface area contributed by atoms with Crippen LogP contribution in [0, 0.1) is 11.7 Å². The summed E-state index contributed by atoms with van der Waals surface area (Å²) in [7, 11) is 1.39. The third kappa shape index (κ3) is 4.22. The van der Waals surface area contributed by atoms with Crippen molar-refractivity contribution in [3.05, 3.63) is 71.5 Å². The molecule has 25 heavy (non-hydrogen) atoms. The number of hydrogen-bond acceptors (Lipinski definition) is 5. The number of esters is 1. The molecular weight excluding hydrogens is 321 g/mol.